The van der Waals surface area contributed by atoms with Crippen molar-refractivity contribution in [3.05, 3.63) is 34.9 Å². The minimum Gasteiger partial charge on any atom is -0.465 e. The molecule has 1 aromatic carbocycles. The van der Waals surface area contributed by atoms with Crippen molar-refractivity contribution in [2.75, 3.05) is 12.4 Å². The summed E-state index contributed by atoms with van der Waals surface area (Å²) in [5, 5.41) is 13.7. The van der Waals surface area contributed by atoms with Crippen LogP contribution in [0.25, 0.3) is 0 Å². The molecular weight excluding hydrogens is 423 g/mol. The lowest BCUT2D eigenvalue weighted by Gasteiger charge is -2.46. The Morgan fingerprint density at radius 2 is 1.90 bits per heavy atom. The van der Waals surface area contributed by atoms with Crippen molar-refractivity contribution >= 4 is 35.2 Å². The number of rotatable bonds is 8. The quantitative estimate of drug-likeness (QED) is 0.382. The Balaban J connectivity index is 2.17. The van der Waals surface area contributed by atoms with Gasteiger partial charge in [-0.05, 0) is 77.0 Å². The Morgan fingerprint density at radius 1 is 1.23 bits per heavy atom. The number of benzene rings is 1. The Morgan fingerprint density at radius 3 is 2.43 bits per heavy atom. The van der Waals surface area contributed by atoms with E-state index < -0.39 is 11.6 Å². The van der Waals surface area contributed by atoms with E-state index in [1.165, 1.54) is 4.90 Å². The van der Waals surface area contributed by atoms with Crippen molar-refractivity contribution in [2.45, 2.75) is 82.7 Å². The molecule has 5 nitrogen and oxygen atoms in total. The SMILES string of the molecule is CC(C)(C)N(CC1(c2cccc(Cl)c2)CCC(NC(=O)CCCCCl)CC1)C(=O)O. The van der Waals surface area contributed by atoms with Gasteiger partial charge in [0.2, 0.25) is 5.91 Å². The molecule has 2 rings (SSSR count). The zero-order valence-corrected chi connectivity index (χ0v) is 19.7. The summed E-state index contributed by atoms with van der Waals surface area (Å²) in [6.07, 6.45) is 4.43. The highest BCUT2D eigenvalue weighted by Gasteiger charge is 2.42. The maximum Gasteiger partial charge on any atom is 0.407 e. The van der Waals surface area contributed by atoms with Crippen LogP contribution < -0.4 is 5.32 Å². The summed E-state index contributed by atoms with van der Waals surface area (Å²) in [5.41, 5.74) is 0.235. The predicted molar refractivity (Wildman–Crippen MR) is 123 cm³/mol. The smallest absolute Gasteiger partial charge is 0.407 e. The van der Waals surface area contributed by atoms with E-state index in [1.807, 2.05) is 45.0 Å². The first kappa shape index (κ1) is 24.8. The molecule has 0 radical (unpaired) electrons. The molecule has 1 aliphatic carbocycles. The summed E-state index contributed by atoms with van der Waals surface area (Å²) in [6.45, 7) is 6.15. The summed E-state index contributed by atoms with van der Waals surface area (Å²) in [6, 6.07) is 7.87. The summed E-state index contributed by atoms with van der Waals surface area (Å²) >= 11 is 12.0. The maximum absolute atomic E-state index is 12.2. The average molecular weight is 457 g/mol. The van der Waals surface area contributed by atoms with Crippen LogP contribution in [0, 0.1) is 0 Å². The number of amides is 2. The molecule has 168 valence electrons. The molecule has 1 aromatic rings. The lowest BCUT2D eigenvalue weighted by Crippen LogP contribution is -2.54. The molecule has 30 heavy (non-hydrogen) atoms. The number of carbonyl (C=O) groups excluding carboxylic acids is 1. The Hall–Kier alpha value is -1.46. The molecular formula is C23H34Cl2N2O3. The molecule has 0 bridgehead atoms. The monoisotopic (exact) mass is 456 g/mol. The normalized spacial score (nSPS) is 21.8. The highest BCUT2D eigenvalue weighted by molar-refractivity contribution is 6.30. The van der Waals surface area contributed by atoms with Crippen LogP contribution in [0.1, 0.15) is 71.3 Å². The lowest BCUT2D eigenvalue weighted by molar-refractivity contribution is -0.122. The van der Waals surface area contributed by atoms with Crippen LogP contribution in [-0.2, 0) is 10.2 Å². The lowest BCUT2D eigenvalue weighted by atomic mass is 9.67. The summed E-state index contributed by atoms with van der Waals surface area (Å²) in [4.78, 5) is 25.8. The first-order chi connectivity index (χ1) is 14.1. The van der Waals surface area contributed by atoms with Crippen LogP contribution in [0.15, 0.2) is 24.3 Å². The number of carbonyl (C=O) groups is 2. The van der Waals surface area contributed by atoms with Gasteiger partial charge in [-0.3, -0.25) is 4.79 Å². The summed E-state index contributed by atoms with van der Waals surface area (Å²) in [5.74, 6) is 0.648. The highest BCUT2D eigenvalue weighted by atomic mass is 35.5. The molecule has 0 aliphatic heterocycles. The Bertz CT molecular complexity index is 725. The third-order valence-corrected chi connectivity index (χ3v) is 6.54. The third kappa shape index (κ3) is 6.78. The molecule has 0 aromatic heterocycles. The second kappa shape index (κ2) is 10.7. The van der Waals surface area contributed by atoms with Crippen LogP contribution in [0.2, 0.25) is 5.02 Å². The molecule has 2 N–H and O–H groups in total. The maximum atomic E-state index is 12.2. The molecule has 0 unspecified atom stereocenters. The average Bonchev–Trinajstić information content (AvgIpc) is 2.66. The first-order valence-electron chi connectivity index (χ1n) is 10.7. The standard InChI is InChI=1S/C23H34Cl2N2O3/c1-22(2,3)27(21(29)30)16-23(17-7-6-8-18(25)15-17)12-10-19(11-13-23)26-20(28)9-4-5-14-24/h6-8,15,19H,4-5,9-14,16H2,1-3H3,(H,26,28)(H,29,30). The van der Waals surface area contributed by atoms with E-state index in [0.717, 1.165) is 44.1 Å². The Labute approximate surface area is 190 Å². The number of unbranched alkanes of at least 4 members (excludes halogenated alkanes) is 1. The number of carboxylic acid groups (broad SMARTS) is 1. The summed E-state index contributed by atoms with van der Waals surface area (Å²) in [7, 11) is 0. The van der Waals surface area contributed by atoms with Crippen LogP contribution in [0.5, 0.6) is 0 Å². The van der Waals surface area contributed by atoms with Crippen molar-refractivity contribution in [1.29, 1.82) is 0 Å². The number of nitrogens with zero attached hydrogens (tertiary/aromatic N) is 1. The van der Waals surface area contributed by atoms with Gasteiger partial charge in [-0.25, -0.2) is 4.79 Å². The van der Waals surface area contributed by atoms with E-state index in [1.54, 1.807) is 0 Å². The van der Waals surface area contributed by atoms with Gasteiger partial charge >= 0.3 is 6.09 Å². The van der Waals surface area contributed by atoms with Crippen molar-refractivity contribution in [3.63, 3.8) is 0 Å². The number of hydrogen-bond acceptors (Lipinski definition) is 2. The zero-order chi connectivity index (χ0) is 22.4. The summed E-state index contributed by atoms with van der Waals surface area (Å²) < 4.78 is 0. The molecule has 1 fully saturated rings. The molecule has 0 spiro atoms. The van der Waals surface area contributed by atoms with E-state index in [9.17, 15) is 14.7 Å². The van der Waals surface area contributed by atoms with Crippen molar-refractivity contribution in [3.8, 4) is 0 Å². The fraction of sp³-hybridized carbons (Fsp3) is 0.652. The fourth-order valence-electron chi connectivity index (χ4n) is 4.25. The second-order valence-corrected chi connectivity index (χ2v) is 10.1. The van der Waals surface area contributed by atoms with Crippen LogP contribution in [0.3, 0.4) is 0 Å². The van der Waals surface area contributed by atoms with Crippen LogP contribution >= 0.6 is 23.2 Å². The van der Waals surface area contributed by atoms with Gasteiger partial charge in [0, 0.05) is 40.9 Å². The van der Waals surface area contributed by atoms with Crippen LogP contribution in [0.4, 0.5) is 4.79 Å². The molecule has 0 saturated heterocycles. The third-order valence-electron chi connectivity index (χ3n) is 6.03. The number of nitrogens with one attached hydrogen (secondary N) is 1. The van der Waals surface area contributed by atoms with E-state index >= 15 is 0 Å². The first-order valence-corrected chi connectivity index (χ1v) is 11.6. The fourth-order valence-corrected chi connectivity index (χ4v) is 4.62. The van der Waals surface area contributed by atoms with Gasteiger partial charge < -0.3 is 15.3 Å². The molecule has 1 saturated carbocycles. The van der Waals surface area contributed by atoms with Gasteiger partial charge in [-0.15, -0.1) is 11.6 Å². The van der Waals surface area contributed by atoms with Gasteiger partial charge in [0.05, 0.1) is 0 Å². The Kier molecular flexibility index (Phi) is 8.86. The van der Waals surface area contributed by atoms with Gasteiger partial charge in [0.15, 0.2) is 0 Å². The van der Waals surface area contributed by atoms with E-state index in [2.05, 4.69) is 5.32 Å². The van der Waals surface area contributed by atoms with Crippen LogP contribution in [-0.4, -0.2) is 46.0 Å². The van der Waals surface area contributed by atoms with E-state index in [-0.39, 0.29) is 17.4 Å². The van der Waals surface area contributed by atoms with E-state index in [4.69, 9.17) is 23.2 Å². The van der Waals surface area contributed by atoms with Gasteiger partial charge in [0.25, 0.3) is 0 Å². The largest absolute Gasteiger partial charge is 0.465 e. The second-order valence-electron chi connectivity index (χ2n) is 9.32. The number of alkyl halides is 1. The van der Waals surface area contributed by atoms with Crippen molar-refractivity contribution in [2.24, 2.45) is 0 Å². The molecule has 2 amide bonds. The topological polar surface area (TPSA) is 69.6 Å². The number of hydrogen-bond donors (Lipinski definition) is 2. The van der Waals surface area contributed by atoms with E-state index in [0.29, 0.717) is 23.9 Å². The van der Waals surface area contributed by atoms with Crippen molar-refractivity contribution in [1.82, 2.24) is 10.2 Å². The minimum atomic E-state index is -0.918. The molecule has 0 atom stereocenters. The van der Waals surface area contributed by atoms with Crippen molar-refractivity contribution < 1.29 is 14.7 Å². The molecule has 0 heterocycles. The minimum absolute atomic E-state index is 0.0715. The molecule has 7 heteroatoms. The van der Waals surface area contributed by atoms with Gasteiger partial charge in [0.1, 0.15) is 0 Å². The van der Waals surface area contributed by atoms with Gasteiger partial charge in [-0.2, -0.15) is 0 Å². The zero-order valence-electron chi connectivity index (χ0n) is 18.2. The predicted octanol–water partition coefficient (Wildman–Crippen LogP) is 5.82. The van der Waals surface area contributed by atoms with Gasteiger partial charge in [-0.1, -0.05) is 23.7 Å². The number of halogens is 2. The molecule has 1 aliphatic rings. The highest BCUT2D eigenvalue weighted by Crippen LogP contribution is 2.42.